The maximum Gasteiger partial charge on any atom is 0.239 e. The summed E-state index contributed by atoms with van der Waals surface area (Å²) in [5.74, 6) is -0.430. The fourth-order valence-corrected chi connectivity index (χ4v) is 0.971. The van der Waals surface area contributed by atoms with Crippen LogP contribution in [-0.2, 0) is 16.1 Å². The highest BCUT2D eigenvalue weighted by molar-refractivity contribution is 5.83. The minimum atomic E-state index is -0.216. The highest BCUT2D eigenvalue weighted by atomic mass is 16.2. The lowest BCUT2D eigenvalue weighted by atomic mass is 10.3. The van der Waals surface area contributed by atoms with E-state index in [1.165, 1.54) is 6.92 Å². The van der Waals surface area contributed by atoms with Crippen LogP contribution in [0.5, 0.6) is 0 Å². The molecule has 0 bridgehead atoms. The Bertz CT molecular complexity index is 338. The van der Waals surface area contributed by atoms with Crippen molar-refractivity contribution in [1.29, 1.82) is 0 Å². The van der Waals surface area contributed by atoms with Crippen molar-refractivity contribution in [2.45, 2.75) is 13.5 Å². The molecule has 0 aliphatic heterocycles. The van der Waals surface area contributed by atoms with Gasteiger partial charge in [0.1, 0.15) is 0 Å². The van der Waals surface area contributed by atoms with Gasteiger partial charge in [-0.3, -0.25) is 14.6 Å². The van der Waals surface area contributed by atoms with Gasteiger partial charge in [0, 0.05) is 25.9 Å². The Morgan fingerprint density at radius 3 is 2.80 bits per heavy atom. The lowest BCUT2D eigenvalue weighted by molar-refractivity contribution is -0.125. The molecule has 2 amide bonds. The highest BCUT2D eigenvalue weighted by Gasteiger charge is 2.01. The van der Waals surface area contributed by atoms with Gasteiger partial charge >= 0.3 is 0 Å². The van der Waals surface area contributed by atoms with Gasteiger partial charge in [-0.15, -0.1) is 0 Å². The second kappa shape index (κ2) is 5.74. The standard InChI is InChI=1S/C10H13N3O2/c1-8(14)12-7-10(15)13-6-9-3-2-4-11-5-9/h2-5H,6-7H2,1H3,(H,12,14)(H,13,15). The molecule has 0 saturated carbocycles. The van der Waals surface area contributed by atoms with E-state index >= 15 is 0 Å². The molecule has 1 aromatic heterocycles. The Kier molecular flexibility index (Phi) is 4.28. The molecule has 1 aromatic rings. The second-order valence-corrected chi connectivity index (χ2v) is 3.05. The van der Waals surface area contributed by atoms with Crippen LogP contribution in [0.15, 0.2) is 24.5 Å². The van der Waals surface area contributed by atoms with Gasteiger partial charge in [-0.1, -0.05) is 6.07 Å². The SMILES string of the molecule is CC(=O)NCC(=O)NCc1cccnc1. The van der Waals surface area contributed by atoms with Gasteiger partial charge in [-0.2, -0.15) is 0 Å². The second-order valence-electron chi connectivity index (χ2n) is 3.05. The van der Waals surface area contributed by atoms with Crippen LogP contribution in [-0.4, -0.2) is 23.3 Å². The van der Waals surface area contributed by atoms with Crippen molar-refractivity contribution in [3.8, 4) is 0 Å². The Hall–Kier alpha value is -1.91. The summed E-state index contributed by atoms with van der Waals surface area (Å²) in [6.07, 6.45) is 3.35. The average molecular weight is 207 g/mol. The van der Waals surface area contributed by atoms with Crippen molar-refractivity contribution in [1.82, 2.24) is 15.6 Å². The Balaban J connectivity index is 2.26. The van der Waals surface area contributed by atoms with Crippen molar-refractivity contribution in [2.75, 3.05) is 6.54 Å². The van der Waals surface area contributed by atoms with E-state index in [4.69, 9.17) is 0 Å². The van der Waals surface area contributed by atoms with E-state index in [9.17, 15) is 9.59 Å². The van der Waals surface area contributed by atoms with Gasteiger partial charge in [0.15, 0.2) is 0 Å². The van der Waals surface area contributed by atoms with Crippen LogP contribution < -0.4 is 10.6 Å². The van der Waals surface area contributed by atoms with Crippen molar-refractivity contribution in [2.24, 2.45) is 0 Å². The first-order valence-corrected chi connectivity index (χ1v) is 4.58. The summed E-state index contributed by atoms with van der Waals surface area (Å²) < 4.78 is 0. The van der Waals surface area contributed by atoms with E-state index in [-0.39, 0.29) is 18.4 Å². The molecule has 5 nitrogen and oxygen atoms in total. The molecule has 0 aliphatic carbocycles. The van der Waals surface area contributed by atoms with Crippen LogP contribution in [0, 0.1) is 0 Å². The van der Waals surface area contributed by atoms with Gasteiger partial charge in [0.2, 0.25) is 11.8 Å². The average Bonchev–Trinajstić information content (AvgIpc) is 2.25. The molecular weight excluding hydrogens is 194 g/mol. The summed E-state index contributed by atoms with van der Waals surface area (Å²) >= 11 is 0. The number of pyridine rings is 1. The molecule has 0 radical (unpaired) electrons. The zero-order valence-electron chi connectivity index (χ0n) is 8.49. The molecular formula is C10H13N3O2. The summed E-state index contributed by atoms with van der Waals surface area (Å²) in [4.78, 5) is 25.6. The number of rotatable bonds is 4. The topological polar surface area (TPSA) is 71.1 Å². The molecule has 0 aliphatic rings. The van der Waals surface area contributed by atoms with Gasteiger partial charge < -0.3 is 10.6 Å². The number of hydrogen-bond acceptors (Lipinski definition) is 3. The van der Waals surface area contributed by atoms with E-state index in [0.29, 0.717) is 6.54 Å². The lowest BCUT2D eigenvalue weighted by Crippen LogP contribution is -2.35. The van der Waals surface area contributed by atoms with Gasteiger partial charge in [0.25, 0.3) is 0 Å². The zero-order chi connectivity index (χ0) is 11.1. The molecule has 0 unspecified atom stereocenters. The summed E-state index contributed by atoms with van der Waals surface area (Å²) in [5.41, 5.74) is 0.925. The first-order chi connectivity index (χ1) is 7.18. The number of nitrogens with zero attached hydrogens (tertiary/aromatic N) is 1. The predicted octanol–water partition coefficient (Wildman–Crippen LogP) is -0.166. The third-order valence-electron chi connectivity index (χ3n) is 1.71. The highest BCUT2D eigenvalue weighted by Crippen LogP contribution is 1.93. The lowest BCUT2D eigenvalue weighted by Gasteiger charge is -2.04. The third kappa shape index (κ3) is 4.75. The first-order valence-electron chi connectivity index (χ1n) is 4.58. The summed E-state index contributed by atoms with van der Waals surface area (Å²) in [5, 5.41) is 5.08. The minimum Gasteiger partial charge on any atom is -0.350 e. The summed E-state index contributed by atoms with van der Waals surface area (Å²) in [6.45, 7) is 1.80. The zero-order valence-corrected chi connectivity index (χ0v) is 8.49. The van der Waals surface area contributed by atoms with Crippen LogP contribution in [0.1, 0.15) is 12.5 Å². The molecule has 2 N–H and O–H groups in total. The minimum absolute atomic E-state index is 0.00952. The van der Waals surface area contributed by atoms with Crippen LogP contribution in [0.4, 0.5) is 0 Å². The molecule has 0 atom stereocenters. The largest absolute Gasteiger partial charge is 0.350 e. The van der Waals surface area contributed by atoms with Gasteiger partial charge in [-0.25, -0.2) is 0 Å². The molecule has 0 saturated heterocycles. The molecule has 15 heavy (non-hydrogen) atoms. The molecule has 1 rings (SSSR count). The number of carbonyl (C=O) groups excluding carboxylic acids is 2. The number of aromatic nitrogens is 1. The van der Waals surface area contributed by atoms with Crippen molar-refractivity contribution in [3.05, 3.63) is 30.1 Å². The fourth-order valence-electron chi connectivity index (χ4n) is 0.971. The van der Waals surface area contributed by atoms with Gasteiger partial charge in [0.05, 0.1) is 6.54 Å². The normalized spacial score (nSPS) is 9.40. The number of nitrogens with one attached hydrogen (secondary N) is 2. The fraction of sp³-hybridized carbons (Fsp3) is 0.300. The van der Waals surface area contributed by atoms with Crippen LogP contribution in [0.25, 0.3) is 0 Å². The molecule has 5 heteroatoms. The summed E-state index contributed by atoms with van der Waals surface area (Å²) in [6, 6.07) is 3.67. The Labute approximate surface area is 87.9 Å². The van der Waals surface area contributed by atoms with E-state index in [1.807, 2.05) is 6.07 Å². The van der Waals surface area contributed by atoms with E-state index in [0.717, 1.165) is 5.56 Å². The Morgan fingerprint density at radius 1 is 1.40 bits per heavy atom. The van der Waals surface area contributed by atoms with Crippen LogP contribution >= 0.6 is 0 Å². The molecule has 0 fully saturated rings. The molecule has 1 heterocycles. The molecule has 0 spiro atoms. The smallest absolute Gasteiger partial charge is 0.239 e. The monoisotopic (exact) mass is 207 g/mol. The van der Waals surface area contributed by atoms with E-state index < -0.39 is 0 Å². The van der Waals surface area contributed by atoms with E-state index in [1.54, 1.807) is 18.5 Å². The number of hydrogen-bond donors (Lipinski definition) is 2. The molecule has 0 aromatic carbocycles. The maximum atomic E-state index is 11.2. The van der Waals surface area contributed by atoms with E-state index in [2.05, 4.69) is 15.6 Å². The maximum absolute atomic E-state index is 11.2. The van der Waals surface area contributed by atoms with Crippen molar-refractivity contribution in [3.63, 3.8) is 0 Å². The summed E-state index contributed by atoms with van der Waals surface area (Å²) in [7, 11) is 0. The van der Waals surface area contributed by atoms with Crippen LogP contribution in [0.2, 0.25) is 0 Å². The predicted molar refractivity (Wildman–Crippen MR) is 54.8 cm³/mol. The third-order valence-corrected chi connectivity index (χ3v) is 1.71. The van der Waals surface area contributed by atoms with Crippen molar-refractivity contribution < 1.29 is 9.59 Å². The molecule has 80 valence electrons. The number of carbonyl (C=O) groups is 2. The van der Waals surface area contributed by atoms with Crippen molar-refractivity contribution >= 4 is 11.8 Å². The number of amides is 2. The Morgan fingerprint density at radius 2 is 2.20 bits per heavy atom. The van der Waals surface area contributed by atoms with Gasteiger partial charge in [-0.05, 0) is 11.6 Å². The first kappa shape index (κ1) is 11.2. The van der Waals surface area contributed by atoms with Crippen LogP contribution in [0.3, 0.4) is 0 Å². The quantitative estimate of drug-likeness (QED) is 0.720.